The molecule has 6 nitrogen and oxygen atoms in total. The fourth-order valence-electron chi connectivity index (χ4n) is 3.98. The van der Waals surface area contributed by atoms with Gasteiger partial charge in [-0.1, -0.05) is 57.3 Å². The van der Waals surface area contributed by atoms with Crippen molar-refractivity contribution in [2.45, 2.75) is 6.92 Å². The van der Waals surface area contributed by atoms with Crippen LogP contribution in [0.4, 0.5) is 11.4 Å². The Balaban J connectivity index is 1.35. The average molecular weight is 606 g/mol. The van der Waals surface area contributed by atoms with Crippen LogP contribution >= 0.6 is 51.3 Å². The maximum absolute atomic E-state index is 12.9. The van der Waals surface area contributed by atoms with E-state index in [1.165, 1.54) is 0 Å². The summed E-state index contributed by atoms with van der Waals surface area (Å²) in [5, 5.41) is 6.61. The number of anilines is 2. The molecule has 0 aromatic heterocycles. The maximum atomic E-state index is 12.9. The molecule has 0 saturated carbocycles. The van der Waals surface area contributed by atoms with E-state index in [4.69, 9.17) is 35.4 Å². The molecule has 36 heavy (non-hydrogen) atoms. The van der Waals surface area contributed by atoms with Gasteiger partial charge in [-0.3, -0.25) is 14.9 Å². The summed E-state index contributed by atoms with van der Waals surface area (Å²) < 4.78 is 0.735. The van der Waals surface area contributed by atoms with E-state index < -0.39 is 5.91 Å². The zero-order valence-corrected chi connectivity index (χ0v) is 23.3. The van der Waals surface area contributed by atoms with Crippen molar-refractivity contribution < 1.29 is 9.59 Å². The summed E-state index contributed by atoms with van der Waals surface area (Å²) in [4.78, 5) is 29.5. The van der Waals surface area contributed by atoms with Gasteiger partial charge in [0.2, 0.25) is 0 Å². The number of piperazine rings is 1. The summed E-state index contributed by atoms with van der Waals surface area (Å²) in [5.74, 6) is -0.363. The number of nitrogens with zero attached hydrogens (tertiary/aromatic N) is 2. The molecule has 1 fully saturated rings. The fraction of sp³-hybridized carbons (Fsp3) is 0.192. The number of nitrogens with one attached hydrogen (secondary N) is 2. The third-order valence-corrected chi connectivity index (χ3v) is 7.22. The van der Waals surface area contributed by atoms with Gasteiger partial charge in [0.15, 0.2) is 5.11 Å². The van der Waals surface area contributed by atoms with E-state index in [1.54, 1.807) is 24.3 Å². The minimum absolute atomic E-state index is 0.0538. The molecule has 0 aliphatic carbocycles. The zero-order chi connectivity index (χ0) is 25.8. The lowest BCUT2D eigenvalue weighted by Gasteiger charge is -2.36. The van der Waals surface area contributed by atoms with Crippen LogP contribution in [0, 0.1) is 6.92 Å². The summed E-state index contributed by atoms with van der Waals surface area (Å²) in [6.45, 7) is 4.51. The van der Waals surface area contributed by atoms with Gasteiger partial charge in [0, 0.05) is 41.9 Å². The summed E-state index contributed by atoms with van der Waals surface area (Å²) >= 11 is 21.3. The highest BCUT2D eigenvalue weighted by molar-refractivity contribution is 9.10. The molecule has 4 rings (SSSR count). The van der Waals surface area contributed by atoms with Gasteiger partial charge in [0.25, 0.3) is 11.8 Å². The molecule has 10 heteroatoms. The molecule has 3 aromatic carbocycles. The second-order valence-electron chi connectivity index (χ2n) is 8.29. The Morgan fingerprint density at radius 3 is 2.33 bits per heavy atom. The van der Waals surface area contributed by atoms with Crippen molar-refractivity contribution in [2.75, 3.05) is 36.4 Å². The Morgan fingerprint density at radius 2 is 1.64 bits per heavy atom. The van der Waals surface area contributed by atoms with Gasteiger partial charge >= 0.3 is 0 Å². The molecule has 0 bridgehead atoms. The smallest absolute Gasteiger partial charge is 0.258 e. The van der Waals surface area contributed by atoms with Crippen molar-refractivity contribution in [3.8, 4) is 0 Å². The number of rotatable bonds is 4. The van der Waals surface area contributed by atoms with Crippen LogP contribution in [-0.2, 0) is 0 Å². The van der Waals surface area contributed by atoms with E-state index >= 15 is 0 Å². The molecular formula is C26H23BrCl2N4O2S. The highest BCUT2D eigenvalue weighted by Crippen LogP contribution is 2.30. The topological polar surface area (TPSA) is 64.7 Å². The van der Waals surface area contributed by atoms with Gasteiger partial charge in [0.05, 0.1) is 21.3 Å². The number of carbonyl (C=O) groups excluding carboxylic acids is 2. The third-order valence-electron chi connectivity index (χ3n) is 5.89. The number of thiocarbonyl (C=S) groups is 1. The van der Waals surface area contributed by atoms with E-state index in [0.717, 1.165) is 21.3 Å². The Kier molecular flexibility index (Phi) is 8.51. The highest BCUT2D eigenvalue weighted by Gasteiger charge is 2.24. The van der Waals surface area contributed by atoms with E-state index in [9.17, 15) is 9.59 Å². The van der Waals surface area contributed by atoms with E-state index in [-0.39, 0.29) is 11.0 Å². The number of halogens is 3. The van der Waals surface area contributed by atoms with Crippen LogP contribution in [0.25, 0.3) is 0 Å². The van der Waals surface area contributed by atoms with Crippen LogP contribution in [-0.4, -0.2) is 48.0 Å². The molecule has 1 aliphatic heterocycles. The van der Waals surface area contributed by atoms with Gasteiger partial charge < -0.3 is 15.1 Å². The molecule has 1 saturated heterocycles. The first-order valence-electron chi connectivity index (χ1n) is 11.2. The van der Waals surface area contributed by atoms with Crippen LogP contribution in [0.15, 0.2) is 65.1 Å². The van der Waals surface area contributed by atoms with Crippen LogP contribution in [0.1, 0.15) is 26.3 Å². The Morgan fingerprint density at radius 1 is 0.917 bits per heavy atom. The van der Waals surface area contributed by atoms with Crippen LogP contribution in [0.3, 0.4) is 0 Å². The minimum Gasteiger partial charge on any atom is -0.367 e. The van der Waals surface area contributed by atoms with Crippen molar-refractivity contribution in [1.82, 2.24) is 10.2 Å². The first-order valence-corrected chi connectivity index (χ1v) is 13.2. The Hall–Kier alpha value is -2.65. The fourth-order valence-corrected chi connectivity index (χ4v) is 5.05. The molecule has 2 amide bonds. The summed E-state index contributed by atoms with van der Waals surface area (Å²) in [5.41, 5.74) is 3.54. The quantitative estimate of drug-likeness (QED) is 0.349. The van der Waals surface area contributed by atoms with E-state index in [1.807, 2.05) is 48.2 Å². The van der Waals surface area contributed by atoms with Crippen molar-refractivity contribution in [2.24, 2.45) is 0 Å². The molecular weight excluding hydrogens is 583 g/mol. The van der Waals surface area contributed by atoms with Gasteiger partial charge in [0.1, 0.15) is 0 Å². The second-order valence-corrected chi connectivity index (χ2v) is 10.4. The van der Waals surface area contributed by atoms with Crippen molar-refractivity contribution in [3.63, 3.8) is 0 Å². The normalized spacial score (nSPS) is 13.3. The number of carbonyl (C=O) groups is 2. The number of amides is 2. The number of benzene rings is 3. The largest absolute Gasteiger partial charge is 0.367 e. The summed E-state index contributed by atoms with van der Waals surface area (Å²) in [6.07, 6.45) is 0. The van der Waals surface area contributed by atoms with E-state index in [2.05, 4.69) is 31.5 Å². The van der Waals surface area contributed by atoms with Gasteiger partial charge in [-0.15, -0.1) is 0 Å². The summed E-state index contributed by atoms with van der Waals surface area (Å²) in [7, 11) is 0. The van der Waals surface area contributed by atoms with Crippen molar-refractivity contribution in [1.29, 1.82) is 0 Å². The van der Waals surface area contributed by atoms with Crippen molar-refractivity contribution in [3.05, 3.63) is 91.9 Å². The number of aryl methyl sites for hydroxylation is 1. The third kappa shape index (κ3) is 6.18. The SMILES string of the molecule is Cc1ccccc1C(=O)N1CCN(c2ccc(NC(=S)NC(=O)c3cc(Br)ccc3Cl)cc2Cl)CC1. The second kappa shape index (κ2) is 11.6. The zero-order valence-electron chi connectivity index (χ0n) is 19.4. The van der Waals surface area contributed by atoms with Gasteiger partial charge in [-0.25, -0.2) is 0 Å². The average Bonchev–Trinajstić information content (AvgIpc) is 2.85. The Labute approximate surface area is 233 Å². The lowest BCUT2D eigenvalue weighted by molar-refractivity contribution is 0.0746. The predicted octanol–water partition coefficient (Wildman–Crippen LogP) is 6.15. The van der Waals surface area contributed by atoms with Crippen LogP contribution < -0.4 is 15.5 Å². The first kappa shape index (κ1) is 26.4. The maximum Gasteiger partial charge on any atom is 0.258 e. The molecule has 186 valence electrons. The monoisotopic (exact) mass is 604 g/mol. The molecule has 0 spiro atoms. The van der Waals surface area contributed by atoms with Gasteiger partial charge in [-0.2, -0.15) is 0 Å². The standard InChI is InChI=1S/C26H23BrCl2N4O2S/c1-16-4-2-3-5-19(16)25(35)33-12-10-32(11-13-33)23-9-7-18(15-22(23)29)30-26(36)31-24(34)20-14-17(27)6-8-21(20)28/h2-9,14-15H,10-13H2,1H3,(H2,30,31,34,36). The number of hydrogen-bond acceptors (Lipinski definition) is 4. The highest BCUT2D eigenvalue weighted by atomic mass is 79.9. The predicted molar refractivity (Wildman–Crippen MR) is 154 cm³/mol. The molecule has 1 aliphatic rings. The molecule has 2 N–H and O–H groups in total. The van der Waals surface area contributed by atoms with Gasteiger partial charge in [-0.05, 0) is 67.2 Å². The Bertz CT molecular complexity index is 1330. The minimum atomic E-state index is -0.417. The number of hydrogen-bond donors (Lipinski definition) is 2. The molecule has 0 atom stereocenters. The molecule has 0 unspecified atom stereocenters. The van der Waals surface area contributed by atoms with E-state index in [0.29, 0.717) is 47.5 Å². The molecule has 0 radical (unpaired) electrons. The lowest BCUT2D eigenvalue weighted by atomic mass is 10.1. The van der Waals surface area contributed by atoms with Crippen LogP contribution in [0.5, 0.6) is 0 Å². The molecule has 3 aromatic rings. The lowest BCUT2D eigenvalue weighted by Crippen LogP contribution is -2.49. The van der Waals surface area contributed by atoms with Crippen molar-refractivity contribution >= 4 is 79.7 Å². The first-order chi connectivity index (χ1) is 17.2. The molecule has 1 heterocycles. The summed E-state index contributed by atoms with van der Waals surface area (Å²) in [6, 6.07) is 18.2. The van der Waals surface area contributed by atoms with Crippen LogP contribution in [0.2, 0.25) is 10.0 Å².